The van der Waals surface area contributed by atoms with Gasteiger partial charge >= 0.3 is 0 Å². The zero-order valence-corrected chi connectivity index (χ0v) is 13.8. The maximum atomic E-state index is 5.53. The van der Waals surface area contributed by atoms with E-state index in [-0.39, 0.29) is 5.41 Å². The monoisotopic (exact) mass is 280 g/mol. The Morgan fingerprint density at radius 1 is 1.35 bits per heavy atom. The van der Waals surface area contributed by atoms with E-state index in [1.54, 1.807) is 13.4 Å². The molecule has 0 aliphatic rings. The third kappa shape index (κ3) is 3.74. The van der Waals surface area contributed by atoms with Crippen molar-refractivity contribution in [3.05, 3.63) is 6.33 Å². The van der Waals surface area contributed by atoms with Crippen molar-refractivity contribution in [3.63, 3.8) is 0 Å². The van der Waals surface area contributed by atoms with Crippen LogP contribution in [-0.2, 0) is 0 Å². The van der Waals surface area contributed by atoms with Crippen LogP contribution >= 0.6 is 0 Å². The molecule has 0 saturated carbocycles. The highest BCUT2D eigenvalue weighted by molar-refractivity contribution is 5.64. The Morgan fingerprint density at radius 3 is 2.50 bits per heavy atom. The molecule has 1 atom stereocenters. The molecule has 0 radical (unpaired) electrons. The van der Waals surface area contributed by atoms with Crippen LogP contribution < -0.4 is 15.0 Å². The highest BCUT2D eigenvalue weighted by Gasteiger charge is 2.27. The smallest absolute Gasteiger partial charge is 0.204 e. The first-order valence-electron chi connectivity index (χ1n) is 7.18. The predicted molar refractivity (Wildman–Crippen MR) is 84.7 cm³/mol. The van der Waals surface area contributed by atoms with E-state index >= 15 is 0 Å². The third-order valence-electron chi connectivity index (χ3n) is 3.70. The van der Waals surface area contributed by atoms with Gasteiger partial charge in [0, 0.05) is 19.6 Å². The number of nitrogens with zero attached hydrogens (tertiary/aromatic N) is 3. The fraction of sp³-hybridized carbons (Fsp3) is 0.733. The van der Waals surface area contributed by atoms with Gasteiger partial charge in [0.05, 0.1) is 7.11 Å². The Kier molecular flexibility index (Phi) is 5.60. The van der Waals surface area contributed by atoms with Gasteiger partial charge < -0.3 is 15.0 Å². The van der Waals surface area contributed by atoms with Crippen molar-refractivity contribution in [2.24, 2.45) is 5.41 Å². The maximum Gasteiger partial charge on any atom is 0.204 e. The Balaban J connectivity index is 3.11. The van der Waals surface area contributed by atoms with Crippen molar-refractivity contribution in [1.29, 1.82) is 0 Å². The number of hydrogen-bond donors (Lipinski definition) is 1. The molecular formula is C15H28N4O. The quantitative estimate of drug-likeness (QED) is 0.867. The molecule has 20 heavy (non-hydrogen) atoms. The van der Waals surface area contributed by atoms with Gasteiger partial charge in [-0.25, -0.2) is 9.97 Å². The Morgan fingerprint density at radius 2 is 2.00 bits per heavy atom. The van der Waals surface area contributed by atoms with Crippen molar-refractivity contribution in [2.75, 3.05) is 30.9 Å². The van der Waals surface area contributed by atoms with Gasteiger partial charge in [0.15, 0.2) is 11.6 Å². The SMILES string of the molecule is CCCNc1ncnc(N(C)C(C)C(C)(C)C)c1OC. The summed E-state index contributed by atoms with van der Waals surface area (Å²) in [5, 5.41) is 3.28. The minimum absolute atomic E-state index is 0.154. The summed E-state index contributed by atoms with van der Waals surface area (Å²) in [6.07, 6.45) is 2.62. The number of methoxy groups -OCH3 is 1. The van der Waals surface area contributed by atoms with Gasteiger partial charge in [-0.15, -0.1) is 0 Å². The summed E-state index contributed by atoms with van der Waals surface area (Å²) in [7, 11) is 3.71. The molecule has 5 nitrogen and oxygen atoms in total. The highest BCUT2D eigenvalue weighted by atomic mass is 16.5. The van der Waals surface area contributed by atoms with Crippen molar-refractivity contribution in [2.45, 2.75) is 47.1 Å². The molecule has 0 fully saturated rings. The van der Waals surface area contributed by atoms with Crippen LogP contribution in [0.1, 0.15) is 41.0 Å². The predicted octanol–water partition coefficient (Wildman–Crippen LogP) is 3.18. The summed E-state index contributed by atoms with van der Waals surface area (Å²) < 4.78 is 5.53. The molecule has 0 saturated heterocycles. The number of ether oxygens (including phenoxy) is 1. The van der Waals surface area contributed by atoms with Gasteiger partial charge in [-0.3, -0.25) is 0 Å². The second kappa shape index (κ2) is 6.77. The topological polar surface area (TPSA) is 50.3 Å². The van der Waals surface area contributed by atoms with Crippen LogP contribution in [0.2, 0.25) is 0 Å². The number of nitrogens with one attached hydrogen (secondary N) is 1. The van der Waals surface area contributed by atoms with Crippen LogP contribution in [0.3, 0.4) is 0 Å². The largest absolute Gasteiger partial charge is 0.490 e. The number of anilines is 2. The van der Waals surface area contributed by atoms with Crippen LogP contribution in [0.4, 0.5) is 11.6 Å². The Bertz CT molecular complexity index is 428. The summed E-state index contributed by atoms with van der Waals surface area (Å²) >= 11 is 0. The Hall–Kier alpha value is -1.52. The lowest BCUT2D eigenvalue weighted by molar-refractivity contribution is 0.325. The van der Waals surface area contributed by atoms with Crippen LogP contribution in [0, 0.1) is 5.41 Å². The standard InChI is InChI=1S/C15H28N4O/c1-8-9-16-13-12(20-7)14(18-10-17-13)19(6)11(2)15(3,4)5/h10-11H,8-9H2,1-7H3,(H,16,17,18). The lowest BCUT2D eigenvalue weighted by Gasteiger charge is -2.36. The molecule has 0 bridgehead atoms. The summed E-state index contributed by atoms with van der Waals surface area (Å²) in [6, 6.07) is 0.324. The molecule has 1 unspecified atom stereocenters. The zero-order valence-electron chi connectivity index (χ0n) is 13.8. The van der Waals surface area contributed by atoms with Crippen molar-refractivity contribution in [3.8, 4) is 5.75 Å². The van der Waals surface area contributed by atoms with Crippen LogP contribution in [0.15, 0.2) is 6.33 Å². The van der Waals surface area contributed by atoms with Crippen LogP contribution in [-0.4, -0.2) is 36.7 Å². The lowest BCUT2D eigenvalue weighted by atomic mass is 9.87. The van der Waals surface area contributed by atoms with Gasteiger partial charge in [0.2, 0.25) is 5.75 Å². The number of hydrogen-bond acceptors (Lipinski definition) is 5. The van der Waals surface area contributed by atoms with E-state index in [9.17, 15) is 0 Å². The van der Waals surface area contributed by atoms with E-state index in [0.717, 1.165) is 24.6 Å². The van der Waals surface area contributed by atoms with Gasteiger partial charge in [-0.1, -0.05) is 27.7 Å². The molecule has 0 amide bonds. The summed E-state index contributed by atoms with van der Waals surface area (Å²) in [5.41, 5.74) is 0.154. The third-order valence-corrected chi connectivity index (χ3v) is 3.70. The first-order chi connectivity index (χ1) is 9.32. The molecule has 0 aromatic carbocycles. The molecule has 0 aliphatic carbocycles. The molecule has 0 spiro atoms. The summed E-state index contributed by atoms with van der Waals surface area (Å²) in [5.74, 6) is 2.29. The van der Waals surface area contributed by atoms with Crippen LogP contribution in [0.5, 0.6) is 5.75 Å². The first kappa shape index (κ1) is 16.5. The van der Waals surface area contributed by atoms with Crippen molar-refractivity contribution < 1.29 is 4.74 Å². The normalized spacial score (nSPS) is 12.9. The van der Waals surface area contributed by atoms with E-state index in [1.165, 1.54) is 0 Å². The lowest BCUT2D eigenvalue weighted by Crippen LogP contribution is -2.40. The van der Waals surface area contributed by atoms with Gasteiger partial charge in [0.25, 0.3) is 0 Å². The molecule has 0 aliphatic heterocycles. The second-order valence-electron chi connectivity index (χ2n) is 6.16. The summed E-state index contributed by atoms with van der Waals surface area (Å²) in [4.78, 5) is 10.8. The zero-order chi connectivity index (χ0) is 15.3. The summed E-state index contributed by atoms with van der Waals surface area (Å²) in [6.45, 7) is 11.8. The van der Waals surface area contributed by atoms with Gasteiger partial charge in [-0.2, -0.15) is 0 Å². The first-order valence-corrected chi connectivity index (χ1v) is 7.18. The fourth-order valence-electron chi connectivity index (χ4n) is 1.94. The molecule has 5 heteroatoms. The Labute approximate surface area is 122 Å². The molecule has 1 rings (SSSR count). The molecule has 1 aromatic heterocycles. The fourth-order valence-corrected chi connectivity index (χ4v) is 1.94. The minimum atomic E-state index is 0.154. The number of aromatic nitrogens is 2. The number of rotatable bonds is 6. The molecule has 1 aromatic rings. The molecular weight excluding hydrogens is 252 g/mol. The minimum Gasteiger partial charge on any atom is -0.490 e. The van der Waals surface area contributed by atoms with Crippen molar-refractivity contribution >= 4 is 11.6 Å². The van der Waals surface area contributed by atoms with E-state index in [2.05, 4.69) is 54.8 Å². The van der Waals surface area contributed by atoms with E-state index in [0.29, 0.717) is 11.8 Å². The molecule has 1 N–H and O–H groups in total. The molecule has 1 heterocycles. The van der Waals surface area contributed by atoms with Gasteiger partial charge in [-0.05, 0) is 18.8 Å². The average Bonchev–Trinajstić information content (AvgIpc) is 2.41. The van der Waals surface area contributed by atoms with E-state index in [4.69, 9.17) is 4.74 Å². The second-order valence-corrected chi connectivity index (χ2v) is 6.16. The van der Waals surface area contributed by atoms with Gasteiger partial charge in [0.1, 0.15) is 6.33 Å². The highest BCUT2D eigenvalue weighted by Crippen LogP contribution is 2.35. The van der Waals surface area contributed by atoms with E-state index < -0.39 is 0 Å². The van der Waals surface area contributed by atoms with Crippen LogP contribution in [0.25, 0.3) is 0 Å². The maximum absolute atomic E-state index is 5.53. The van der Waals surface area contributed by atoms with Crippen molar-refractivity contribution in [1.82, 2.24) is 9.97 Å². The average molecular weight is 280 g/mol. The molecule has 114 valence electrons. The van der Waals surface area contributed by atoms with E-state index in [1.807, 2.05) is 7.05 Å².